The molecule has 0 bridgehead atoms. The van der Waals surface area contributed by atoms with Gasteiger partial charge in [0.15, 0.2) is 0 Å². The molecule has 1 aliphatic heterocycles. The molecule has 0 spiro atoms. The molecule has 2 N–H and O–H groups in total. The minimum atomic E-state index is -0.439. The molecule has 2 heterocycles. The van der Waals surface area contributed by atoms with Crippen molar-refractivity contribution in [1.82, 2.24) is 10.6 Å². The van der Waals surface area contributed by atoms with Crippen molar-refractivity contribution in [3.05, 3.63) is 59.8 Å². The summed E-state index contributed by atoms with van der Waals surface area (Å²) in [6.07, 6.45) is 4.15. The summed E-state index contributed by atoms with van der Waals surface area (Å²) < 4.78 is 18.5. The highest BCUT2D eigenvalue weighted by Gasteiger charge is 2.38. The van der Waals surface area contributed by atoms with Crippen molar-refractivity contribution >= 4 is 11.8 Å². The van der Waals surface area contributed by atoms with E-state index in [-0.39, 0.29) is 30.6 Å². The van der Waals surface area contributed by atoms with Crippen molar-refractivity contribution in [2.24, 2.45) is 0 Å². The van der Waals surface area contributed by atoms with E-state index in [4.69, 9.17) is 4.42 Å². The Balaban J connectivity index is 1.54. The monoisotopic (exact) mass is 344 g/mol. The number of hydrogen-bond acceptors (Lipinski definition) is 3. The molecule has 25 heavy (non-hydrogen) atoms. The fraction of sp³-hybridized carbons (Fsp3) is 0.368. The Labute approximate surface area is 145 Å². The molecule has 1 aliphatic rings. The summed E-state index contributed by atoms with van der Waals surface area (Å²) in [5, 5.41) is 5.81. The van der Waals surface area contributed by atoms with Crippen LogP contribution in [-0.4, -0.2) is 17.4 Å². The van der Waals surface area contributed by atoms with Gasteiger partial charge in [-0.15, -0.1) is 0 Å². The van der Waals surface area contributed by atoms with Gasteiger partial charge >= 0.3 is 0 Å². The molecule has 1 aromatic heterocycles. The minimum absolute atomic E-state index is 0.00623. The first-order chi connectivity index (χ1) is 12.0. The molecule has 0 saturated carbocycles. The minimum Gasteiger partial charge on any atom is -0.469 e. The Morgan fingerprint density at radius 1 is 1.32 bits per heavy atom. The summed E-state index contributed by atoms with van der Waals surface area (Å²) in [4.78, 5) is 23.8. The van der Waals surface area contributed by atoms with Crippen molar-refractivity contribution < 1.29 is 18.4 Å². The van der Waals surface area contributed by atoms with E-state index in [0.29, 0.717) is 31.2 Å². The average molecular weight is 344 g/mol. The van der Waals surface area contributed by atoms with Gasteiger partial charge in [-0.3, -0.25) is 9.59 Å². The third-order valence-corrected chi connectivity index (χ3v) is 4.54. The second-order valence-electron chi connectivity index (χ2n) is 6.49. The van der Waals surface area contributed by atoms with Gasteiger partial charge in [0.25, 0.3) is 0 Å². The van der Waals surface area contributed by atoms with Crippen LogP contribution in [-0.2, 0) is 22.6 Å². The zero-order valence-corrected chi connectivity index (χ0v) is 13.9. The summed E-state index contributed by atoms with van der Waals surface area (Å²) in [6.45, 7) is 0.286. The van der Waals surface area contributed by atoms with Gasteiger partial charge in [0.05, 0.1) is 6.26 Å². The highest BCUT2D eigenvalue weighted by atomic mass is 19.1. The van der Waals surface area contributed by atoms with Gasteiger partial charge < -0.3 is 15.1 Å². The predicted octanol–water partition coefficient (Wildman–Crippen LogP) is 2.71. The number of furan rings is 1. The van der Waals surface area contributed by atoms with Crippen LogP contribution in [0.5, 0.6) is 0 Å². The SMILES string of the molecule is O=C(CCC1(Cc2ccco2)CCC(=O)N1)NCc1cccc(F)c1. The summed E-state index contributed by atoms with van der Waals surface area (Å²) >= 11 is 0. The molecule has 1 unspecified atom stereocenters. The Morgan fingerprint density at radius 2 is 2.20 bits per heavy atom. The molecule has 0 aliphatic carbocycles. The van der Waals surface area contributed by atoms with Gasteiger partial charge in [-0.05, 0) is 42.7 Å². The van der Waals surface area contributed by atoms with Crippen LogP contribution in [0.4, 0.5) is 4.39 Å². The standard InChI is InChI=1S/C19H21FN2O3/c20-15-4-1-3-14(11-15)13-21-17(23)6-8-19(9-7-18(24)22-19)12-16-5-2-10-25-16/h1-5,10-11H,6-9,12-13H2,(H,21,23)(H,22,24). The van der Waals surface area contributed by atoms with Crippen molar-refractivity contribution in [3.63, 3.8) is 0 Å². The van der Waals surface area contributed by atoms with Gasteiger partial charge in [-0.25, -0.2) is 4.39 Å². The van der Waals surface area contributed by atoms with Gasteiger partial charge in [0, 0.05) is 31.3 Å². The second kappa shape index (κ2) is 7.51. The molecular formula is C19H21FN2O3. The molecule has 6 heteroatoms. The van der Waals surface area contributed by atoms with Gasteiger partial charge in [0.1, 0.15) is 11.6 Å². The molecule has 2 aromatic rings. The molecule has 2 amide bonds. The van der Waals surface area contributed by atoms with E-state index in [1.54, 1.807) is 18.4 Å². The largest absolute Gasteiger partial charge is 0.469 e. The molecule has 0 radical (unpaired) electrons. The van der Waals surface area contributed by atoms with E-state index in [2.05, 4.69) is 10.6 Å². The Kier molecular flexibility index (Phi) is 5.16. The van der Waals surface area contributed by atoms with E-state index < -0.39 is 5.54 Å². The van der Waals surface area contributed by atoms with Crippen LogP contribution in [0.1, 0.15) is 37.0 Å². The fourth-order valence-electron chi connectivity index (χ4n) is 3.22. The molecule has 1 saturated heterocycles. The van der Waals surface area contributed by atoms with E-state index >= 15 is 0 Å². The Bertz CT molecular complexity index is 745. The smallest absolute Gasteiger partial charge is 0.220 e. The Morgan fingerprint density at radius 3 is 2.88 bits per heavy atom. The quantitative estimate of drug-likeness (QED) is 0.811. The van der Waals surface area contributed by atoms with E-state index in [0.717, 1.165) is 5.76 Å². The van der Waals surface area contributed by atoms with Crippen LogP contribution in [0.25, 0.3) is 0 Å². The summed E-state index contributed by atoms with van der Waals surface area (Å²) in [5.74, 6) is 0.358. The first-order valence-corrected chi connectivity index (χ1v) is 8.39. The first kappa shape index (κ1) is 17.2. The van der Waals surface area contributed by atoms with E-state index in [1.165, 1.54) is 12.1 Å². The zero-order valence-electron chi connectivity index (χ0n) is 13.9. The highest BCUT2D eigenvalue weighted by molar-refractivity contribution is 5.80. The lowest BCUT2D eigenvalue weighted by Crippen LogP contribution is -2.44. The lowest BCUT2D eigenvalue weighted by Gasteiger charge is -2.28. The topological polar surface area (TPSA) is 71.3 Å². The van der Waals surface area contributed by atoms with Crippen LogP contribution >= 0.6 is 0 Å². The summed E-state index contributed by atoms with van der Waals surface area (Å²) in [5.41, 5.74) is 0.276. The maximum atomic E-state index is 13.1. The second-order valence-corrected chi connectivity index (χ2v) is 6.49. The molecule has 1 aromatic carbocycles. The van der Waals surface area contributed by atoms with Crippen molar-refractivity contribution in [3.8, 4) is 0 Å². The highest BCUT2D eigenvalue weighted by Crippen LogP contribution is 2.29. The Hall–Kier alpha value is -2.63. The normalized spacial score (nSPS) is 19.6. The van der Waals surface area contributed by atoms with Crippen LogP contribution < -0.4 is 10.6 Å². The number of halogens is 1. The maximum Gasteiger partial charge on any atom is 0.220 e. The summed E-state index contributed by atoms with van der Waals surface area (Å²) in [6, 6.07) is 9.83. The van der Waals surface area contributed by atoms with Crippen LogP contribution in [0.2, 0.25) is 0 Å². The van der Waals surface area contributed by atoms with Crippen LogP contribution in [0, 0.1) is 5.82 Å². The van der Waals surface area contributed by atoms with Crippen molar-refractivity contribution in [2.75, 3.05) is 0 Å². The predicted molar refractivity (Wildman–Crippen MR) is 90.0 cm³/mol. The number of hydrogen-bond donors (Lipinski definition) is 2. The average Bonchev–Trinajstić information content (AvgIpc) is 3.22. The van der Waals surface area contributed by atoms with Gasteiger partial charge in [0.2, 0.25) is 11.8 Å². The van der Waals surface area contributed by atoms with Crippen LogP contribution in [0.15, 0.2) is 47.1 Å². The molecule has 1 atom stereocenters. The molecule has 5 nitrogen and oxygen atoms in total. The summed E-state index contributed by atoms with van der Waals surface area (Å²) in [7, 11) is 0. The van der Waals surface area contributed by atoms with Crippen LogP contribution in [0.3, 0.4) is 0 Å². The molecule has 3 rings (SSSR count). The van der Waals surface area contributed by atoms with Gasteiger partial charge in [-0.1, -0.05) is 12.1 Å². The zero-order chi connectivity index (χ0) is 17.7. The molecule has 132 valence electrons. The molecule has 1 fully saturated rings. The number of nitrogens with one attached hydrogen (secondary N) is 2. The lowest BCUT2D eigenvalue weighted by molar-refractivity contribution is -0.122. The number of carbonyl (C=O) groups is 2. The van der Waals surface area contributed by atoms with Gasteiger partial charge in [-0.2, -0.15) is 0 Å². The number of rotatable bonds is 7. The fourth-order valence-corrected chi connectivity index (χ4v) is 3.22. The maximum absolute atomic E-state index is 13.1. The third-order valence-electron chi connectivity index (χ3n) is 4.54. The van der Waals surface area contributed by atoms with E-state index in [9.17, 15) is 14.0 Å². The third kappa shape index (κ3) is 4.68. The number of carbonyl (C=O) groups excluding carboxylic acids is 2. The number of amides is 2. The van der Waals surface area contributed by atoms with Crippen molar-refractivity contribution in [2.45, 2.75) is 44.2 Å². The lowest BCUT2D eigenvalue weighted by atomic mass is 9.87. The van der Waals surface area contributed by atoms with Crippen molar-refractivity contribution in [1.29, 1.82) is 0 Å². The number of benzene rings is 1. The van der Waals surface area contributed by atoms with E-state index in [1.807, 2.05) is 12.1 Å². The first-order valence-electron chi connectivity index (χ1n) is 8.39. The molecular weight excluding hydrogens is 323 g/mol.